The molecule has 0 fully saturated rings. The van der Waals surface area contributed by atoms with Gasteiger partial charge in [-0.15, -0.1) is 0 Å². The maximum atomic E-state index is 11.8. The second kappa shape index (κ2) is 8.57. The second-order valence-corrected chi connectivity index (χ2v) is 4.85. The molecule has 3 nitrogen and oxygen atoms in total. The van der Waals surface area contributed by atoms with E-state index in [1.807, 2.05) is 11.9 Å². The summed E-state index contributed by atoms with van der Waals surface area (Å²) in [5, 5.41) is 3.32. The Kier molecular flexibility index (Phi) is 8.26. The van der Waals surface area contributed by atoms with Crippen molar-refractivity contribution < 1.29 is 4.79 Å². The molecule has 1 unspecified atom stereocenters. The molecule has 0 aliphatic rings. The number of amides is 1. The van der Waals surface area contributed by atoms with Crippen molar-refractivity contribution in [2.45, 2.75) is 65.5 Å². The van der Waals surface area contributed by atoms with Crippen LogP contribution in [0.1, 0.15) is 53.4 Å². The highest BCUT2D eigenvalue weighted by Crippen LogP contribution is 2.06. The largest absolute Gasteiger partial charge is 0.343 e. The van der Waals surface area contributed by atoms with Gasteiger partial charge in [-0.25, -0.2) is 0 Å². The molecule has 0 aromatic heterocycles. The van der Waals surface area contributed by atoms with Crippen molar-refractivity contribution in [3.8, 4) is 0 Å². The van der Waals surface area contributed by atoms with Crippen molar-refractivity contribution in [1.29, 1.82) is 0 Å². The first kappa shape index (κ1) is 15.4. The third kappa shape index (κ3) is 6.83. The Morgan fingerprint density at radius 2 is 1.94 bits per heavy atom. The van der Waals surface area contributed by atoms with Crippen LogP contribution in [0.4, 0.5) is 0 Å². The molecule has 0 aromatic carbocycles. The molecule has 1 atom stereocenters. The number of nitrogens with one attached hydrogen (secondary N) is 1. The van der Waals surface area contributed by atoms with Crippen LogP contribution < -0.4 is 5.32 Å². The molecule has 0 aliphatic heterocycles. The van der Waals surface area contributed by atoms with Gasteiger partial charge in [0.15, 0.2) is 0 Å². The fraction of sp³-hybridized carbons (Fsp3) is 0.923. The van der Waals surface area contributed by atoms with Crippen LogP contribution in [0.25, 0.3) is 0 Å². The van der Waals surface area contributed by atoms with Crippen molar-refractivity contribution >= 4 is 5.91 Å². The fourth-order valence-corrected chi connectivity index (χ4v) is 1.66. The summed E-state index contributed by atoms with van der Waals surface area (Å²) in [5.41, 5.74) is 0. The van der Waals surface area contributed by atoms with E-state index >= 15 is 0 Å². The summed E-state index contributed by atoms with van der Waals surface area (Å²) in [4.78, 5) is 13.7. The summed E-state index contributed by atoms with van der Waals surface area (Å²) < 4.78 is 0. The number of carbonyl (C=O) groups is 1. The average molecular weight is 228 g/mol. The summed E-state index contributed by atoms with van der Waals surface area (Å²) in [6, 6.07) is 0.877. The van der Waals surface area contributed by atoms with Crippen LogP contribution in [0.15, 0.2) is 0 Å². The molecule has 0 spiro atoms. The van der Waals surface area contributed by atoms with E-state index < -0.39 is 0 Å². The third-order valence-corrected chi connectivity index (χ3v) is 2.88. The minimum atomic E-state index is 0.270. The predicted molar refractivity (Wildman–Crippen MR) is 69.5 cm³/mol. The molecule has 0 bridgehead atoms. The lowest BCUT2D eigenvalue weighted by Crippen LogP contribution is -2.35. The molecular formula is C13H28N2O. The Hall–Kier alpha value is -0.570. The highest BCUT2D eigenvalue weighted by Gasteiger charge is 2.13. The minimum absolute atomic E-state index is 0.270. The summed E-state index contributed by atoms with van der Waals surface area (Å²) in [6.07, 6.45) is 3.81. The molecule has 0 radical (unpaired) electrons. The maximum absolute atomic E-state index is 11.8. The van der Waals surface area contributed by atoms with Crippen molar-refractivity contribution in [3.63, 3.8) is 0 Å². The van der Waals surface area contributed by atoms with Crippen LogP contribution in [0.3, 0.4) is 0 Å². The number of nitrogens with zero attached hydrogens (tertiary/aromatic N) is 1. The Labute approximate surface area is 101 Å². The first-order chi connectivity index (χ1) is 7.49. The number of hydrogen-bond acceptors (Lipinski definition) is 2. The lowest BCUT2D eigenvalue weighted by molar-refractivity contribution is -0.131. The zero-order valence-corrected chi connectivity index (χ0v) is 11.5. The molecule has 1 N–H and O–H groups in total. The van der Waals surface area contributed by atoms with E-state index in [2.05, 4.69) is 33.0 Å². The van der Waals surface area contributed by atoms with Gasteiger partial charge in [0.05, 0.1) is 0 Å². The van der Waals surface area contributed by atoms with Gasteiger partial charge in [-0.05, 0) is 26.3 Å². The Bertz CT molecular complexity index is 192. The van der Waals surface area contributed by atoms with Crippen molar-refractivity contribution in [3.05, 3.63) is 0 Å². The van der Waals surface area contributed by atoms with Gasteiger partial charge < -0.3 is 10.2 Å². The number of rotatable bonds is 8. The van der Waals surface area contributed by atoms with Gasteiger partial charge in [0.1, 0.15) is 0 Å². The van der Waals surface area contributed by atoms with Crippen molar-refractivity contribution in [2.24, 2.45) is 0 Å². The van der Waals surface area contributed by atoms with E-state index in [4.69, 9.17) is 0 Å². The molecule has 0 aromatic rings. The van der Waals surface area contributed by atoms with E-state index in [9.17, 15) is 4.79 Å². The molecule has 96 valence electrons. The normalized spacial score (nSPS) is 12.9. The summed E-state index contributed by atoms with van der Waals surface area (Å²) in [6.45, 7) is 9.45. The molecule has 0 saturated heterocycles. The minimum Gasteiger partial charge on any atom is -0.343 e. The highest BCUT2D eigenvalue weighted by molar-refractivity contribution is 5.76. The zero-order chi connectivity index (χ0) is 12.6. The van der Waals surface area contributed by atoms with Crippen molar-refractivity contribution in [2.75, 3.05) is 13.6 Å². The van der Waals surface area contributed by atoms with Crippen LogP contribution in [-0.4, -0.2) is 36.5 Å². The van der Waals surface area contributed by atoms with Gasteiger partial charge in [-0.1, -0.05) is 27.2 Å². The number of carbonyl (C=O) groups excluding carboxylic acids is 1. The van der Waals surface area contributed by atoms with E-state index in [1.165, 1.54) is 0 Å². The fourth-order valence-electron chi connectivity index (χ4n) is 1.66. The van der Waals surface area contributed by atoms with Gasteiger partial charge in [0.2, 0.25) is 5.91 Å². The highest BCUT2D eigenvalue weighted by atomic mass is 16.2. The first-order valence-electron chi connectivity index (χ1n) is 6.48. The van der Waals surface area contributed by atoms with Gasteiger partial charge in [-0.3, -0.25) is 4.79 Å². The smallest absolute Gasteiger partial charge is 0.222 e. The van der Waals surface area contributed by atoms with Gasteiger partial charge >= 0.3 is 0 Å². The topological polar surface area (TPSA) is 32.3 Å². The lowest BCUT2D eigenvalue weighted by atomic mass is 10.1. The molecular weight excluding hydrogens is 200 g/mol. The molecule has 0 saturated carbocycles. The summed E-state index contributed by atoms with van der Waals surface area (Å²) in [7, 11) is 1.92. The summed E-state index contributed by atoms with van der Waals surface area (Å²) in [5.74, 6) is 0.270. The third-order valence-electron chi connectivity index (χ3n) is 2.88. The standard InChI is InChI=1S/C13H28N2O/c1-6-8-12(4)15(5)13(16)9-7-10-14-11(2)3/h11-12,14H,6-10H2,1-5H3. The van der Waals surface area contributed by atoms with Gasteiger partial charge in [0, 0.05) is 25.6 Å². The van der Waals surface area contributed by atoms with Gasteiger partial charge in [0.25, 0.3) is 0 Å². The Balaban J connectivity index is 3.70. The van der Waals surface area contributed by atoms with Crippen LogP contribution >= 0.6 is 0 Å². The molecule has 0 aliphatic carbocycles. The lowest BCUT2D eigenvalue weighted by Gasteiger charge is -2.24. The SMILES string of the molecule is CCCC(C)N(C)C(=O)CCCNC(C)C. The van der Waals surface area contributed by atoms with Crippen LogP contribution in [-0.2, 0) is 4.79 Å². The monoisotopic (exact) mass is 228 g/mol. The Morgan fingerprint density at radius 3 is 2.44 bits per heavy atom. The number of hydrogen-bond donors (Lipinski definition) is 1. The second-order valence-electron chi connectivity index (χ2n) is 4.85. The average Bonchev–Trinajstić information content (AvgIpc) is 2.23. The quantitative estimate of drug-likeness (QED) is 0.647. The van der Waals surface area contributed by atoms with Crippen LogP contribution in [0.5, 0.6) is 0 Å². The van der Waals surface area contributed by atoms with E-state index in [0.29, 0.717) is 18.5 Å². The summed E-state index contributed by atoms with van der Waals surface area (Å²) >= 11 is 0. The van der Waals surface area contributed by atoms with E-state index in [-0.39, 0.29) is 5.91 Å². The van der Waals surface area contributed by atoms with Crippen LogP contribution in [0, 0.1) is 0 Å². The molecule has 0 heterocycles. The van der Waals surface area contributed by atoms with E-state index in [0.717, 1.165) is 25.8 Å². The first-order valence-corrected chi connectivity index (χ1v) is 6.48. The van der Waals surface area contributed by atoms with Crippen molar-refractivity contribution in [1.82, 2.24) is 10.2 Å². The predicted octanol–water partition coefficient (Wildman–Crippen LogP) is 2.41. The molecule has 1 amide bonds. The van der Waals surface area contributed by atoms with E-state index in [1.54, 1.807) is 0 Å². The zero-order valence-electron chi connectivity index (χ0n) is 11.5. The Morgan fingerprint density at radius 1 is 1.31 bits per heavy atom. The molecule has 0 rings (SSSR count). The molecule has 3 heteroatoms. The maximum Gasteiger partial charge on any atom is 0.222 e. The molecule has 16 heavy (non-hydrogen) atoms. The van der Waals surface area contributed by atoms with Gasteiger partial charge in [-0.2, -0.15) is 0 Å². The van der Waals surface area contributed by atoms with Crippen LogP contribution in [0.2, 0.25) is 0 Å².